The van der Waals surface area contributed by atoms with Gasteiger partial charge in [-0.15, -0.1) is 0 Å². The van der Waals surface area contributed by atoms with Crippen LogP contribution in [0.15, 0.2) is 0 Å². The Labute approximate surface area is 149 Å². The molecular formula is C18H30N2O5. The Morgan fingerprint density at radius 3 is 2.16 bits per heavy atom. The second kappa shape index (κ2) is 9.17. The Morgan fingerprint density at radius 1 is 1.00 bits per heavy atom. The van der Waals surface area contributed by atoms with Gasteiger partial charge in [0.1, 0.15) is 0 Å². The van der Waals surface area contributed by atoms with Gasteiger partial charge in [-0.1, -0.05) is 13.8 Å². The normalized spacial score (nSPS) is 19.0. The minimum atomic E-state index is -0.667. The van der Waals surface area contributed by atoms with E-state index in [1.165, 1.54) is 0 Å². The number of carbonyl (C=O) groups excluding carboxylic acids is 3. The van der Waals surface area contributed by atoms with E-state index in [1.54, 1.807) is 11.8 Å². The van der Waals surface area contributed by atoms with Crippen LogP contribution in [-0.4, -0.2) is 73.1 Å². The van der Waals surface area contributed by atoms with E-state index in [0.29, 0.717) is 38.7 Å². The molecule has 1 saturated heterocycles. The number of ether oxygens (including phenoxy) is 2. The Morgan fingerprint density at radius 2 is 1.60 bits per heavy atom. The van der Waals surface area contributed by atoms with Crippen LogP contribution < -0.4 is 0 Å². The van der Waals surface area contributed by atoms with Crippen molar-refractivity contribution in [1.82, 2.24) is 9.80 Å². The predicted octanol–water partition coefficient (Wildman–Crippen LogP) is 1.06. The molecule has 2 amide bonds. The van der Waals surface area contributed by atoms with E-state index >= 15 is 0 Å². The number of carbonyl (C=O) groups is 3. The fraction of sp³-hybridized carbons (Fsp3) is 0.833. The van der Waals surface area contributed by atoms with Gasteiger partial charge >= 0.3 is 5.97 Å². The van der Waals surface area contributed by atoms with Gasteiger partial charge in [0.25, 0.3) is 5.91 Å². The van der Waals surface area contributed by atoms with Crippen molar-refractivity contribution >= 4 is 17.8 Å². The average molecular weight is 354 g/mol. The number of piperazine rings is 1. The van der Waals surface area contributed by atoms with Crippen LogP contribution in [-0.2, 0) is 23.9 Å². The molecule has 142 valence electrons. The Balaban J connectivity index is 1.63. The van der Waals surface area contributed by atoms with E-state index < -0.39 is 12.1 Å². The summed E-state index contributed by atoms with van der Waals surface area (Å²) < 4.78 is 10.5. The summed E-state index contributed by atoms with van der Waals surface area (Å²) >= 11 is 0. The maximum atomic E-state index is 12.2. The average Bonchev–Trinajstić information content (AvgIpc) is 3.43. The molecule has 7 heteroatoms. The van der Waals surface area contributed by atoms with E-state index in [4.69, 9.17) is 9.47 Å². The molecule has 1 atom stereocenters. The molecule has 0 aromatic heterocycles. The van der Waals surface area contributed by atoms with Crippen LogP contribution in [0.5, 0.6) is 0 Å². The Kier molecular flexibility index (Phi) is 7.23. The first kappa shape index (κ1) is 19.7. The molecule has 2 fully saturated rings. The third-order valence-electron chi connectivity index (χ3n) is 4.60. The molecule has 1 heterocycles. The van der Waals surface area contributed by atoms with Gasteiger partial charge in [-0.3, -0.25) is 9.59 Å². The zero-order chi connectivity index (χ0) is 18.4. The fourth-order valence-electron chi connectivity index (χ4n) is 2.65. The molecule has 1 aliphatic heterocycles. The lowest BCUT2D eigenvalue weighted by molar-refractivity contribution is -0.162. The fourth-order valence-corrected chi connectivity index (χ4v) is 2.65. The quantitative estimate of drug-likeness (QED) is 0.609. The summed E-state index contributed by atoms with van der Waals surface area (Å²) in [7, 11) is 0. The molecule has 2 aliphatic rings. The van der Waals surface area contributed by atoms with Crippen molar-refractivity contribution in [2.75, 3.05) is 39.4 Å². The van der Waals surface area contributed by atoms with Gasteiger partial charge in [0.2, 0.25) is 5.91 Å². The lowest BCUT2D eigenvalue weighted by Crippen LogP contribution is -2.52. The van der Waals surface area contributed by atoms with Crippen LogP contribution in [0.25, 0.3) is 0 Å². The van der Waals surface area contributed by atoms with Crippen LogP contribution in [0.2, 0.25) is 0 Å². The molecule has 7 nitrogen and oxygen atoms in total. The molecule has 0 N–H and O–H groups in total. The van der Waals surface area contributed by atoms with E-state index in [0.717, 1.165) is 19.3 Å². The first-order valence-electron chi connectivity index (χ1n) is 9.23. The predicted molar refractivity (Wildman–Crippen MR) is 91.7 cm³/mol. The summed E-state index contributed by atoms with van der Waals surface area (Å²) in [4.78, 5) is 39.5. The maximum absolute atomic E-state index is 12.2. The van der Waals surface area contributed by atoms with Gasteiger partial charge in [0.15, 0.2) is 12.7 Å². The van der Waals surface area contributed by atoms with Crippen LogP contribution in [0.1, 0.15) is 40.0 Å². The van der Waals surface area contributed by atoms with Crippen LogP contribution in [0.3, 0.4) is 0 Å². The Hall–Kier alpha value is -1.63. The monoisotopic (exact) mass is 354 g/mol. The van der Waals surface area contributed by atoms with E-state index in [9.17, 15) is 14.4 Å². The molecule has 0 aromatic carbocycles. The van der Waals surface area contributed by atoms with Gasteiger partial charge in [0, 0.05) is 38.7 Å². The molecule has 1 saturated carbocycles. The molecule has 0 bridgehead atoms. The summed E-state index contributed by atoms with van der Waals surface area (Å²) in [5.74, 6) is 0.197. The first-order valence-corrected chi connectivity index (χ1v) is 9.23. The summed E-state index contributed by atoms with van der Waals surface area (Å²) in [6.45, 7) is 8.14. The largest absolute Gasteiger partial charge is 0.454 e. The number of amides is 2. The molecule has 0 spiro atoms. The summed E-state index contributed by atoms with van der Waals surface area (Å²) in [6.07, 6.45) is 2.19. The van der Waals surface area contributed by atoms with Crippen molar-refractivity contribution in [3.05, 3.63) is 0 Å². The zero-order valence-corrected chi connectivity index (χ0v) is 15.5. The minimum absolute atomic E-state index is 0.209. The van der Waals surface area contributed by atoms with Crippen LogP contribution in [0, 0.1) is 11.8 Å². The number of nitrogens with zero attached hydrogens (tertiary/aromatic N) is 2. The summed E-state index contributed by atoms with van der Waals surface area (Å²) in [6, 6.07) is 0. The minimum Gasteiger partial charge on any atom is -0.454 e. The molecule has 0 aromatic rings. The van der Waals surface area contributed by atoms with Crippen LogP contribution >= 0.6 is 0 Å². The topological polar surface area (TPSA) is 76.2 Å². The highest BCUT2D eigenvalue weighted by Gasteiger charge is 2.35. The third-order valence-corrected chi connectivity index (χ3v) is 4.60. The van der Waals surface area contributed by atoms with Gasteiger partial charge in [0.05, 0.1) is 0 Å². The van der Waals surface area contributed by atoms with E-state index in [1.807, 2.05) is 4.90 Å². The second-order valence-electron chi connectivity index (χ2n) is 7.28. The number of hydrogen-bond acceptors (Lipinski definition) is 5. The van der Waals surface area contributed by atoms with Gasteiger partial charge in [-0.05, 0) is 32.1 Å². The second-order valence-corrected chi connectivity index (χ2v) is 7.28. The lowest BCUT2D eigenvalue weighted by atomic mass is 10.1. The first-order chi connectivity index (χ1) is 11.9. The maximum Gasteiger partial charge on any atom is 0.335 e. The highest BCUT2D eigenvalue weighted by atomic mass is 16.6. The number of esters is 1. The molecule has 1 unspecified atom stereocenters. The molecule has 0 radical (unpaired) electrons. The van der Waals surface area contributed by atoms with Crippen molar-refractivity contribution in [2.24, 2.45) is 11.8 Å². The van der Waals surface area contributed by atoms with Gasteiger partial charge in [-0.2, -0.15) is 0 Å². The van der Waals surface area contributed by atoms with Crippen molar-refractivity contribution < 1.29 is 23.9 Å². The number of hydrogen-bond donors (Lipinski definition) is 0. The van der Waals surface area contributed by atoms with Crippen LogP contribution in [0.4, 0.5) is 0 Å². The standard InChI is InChI=1S/C18H30N2O5/c1-13(2)6-11-24-14(3)18(23)25-12-16(21)19-7-9-20(10-8-19)17(22)15-4-5-15/h13-15H,4-12H2,1-3H3. The van der Waals surface area contributed by atoms with E-state index in [-0.39, 0.29) is 24.3 Å². The molecular weight excluding hydrogens is 324 g/mol. The third kappa shape index (κ3) is 6.30. The summed E-state index contributed by atoms with van der Waals surface area (Å²) in [5, 5.41) is 0. The van der Waals surface area contributed by atoms with Crippen molar-refractivity contribution in [1.29, 1.82) is 0 Å². The lowest BCUT2D eigenvalue weighted by Gasteiger charge is -2.34. The molecule has 1 aliphatic carbocycles. The zero-order valence-electron chi connectivity index (χ0n) is 15.5. The highest BCUT2D eigenvalue weighted by molar-refractivity contribution is 5.83. The van der Waals surface area contributed by atoms with Crippen molar-refractivity contribution in [3.8, 4) is 0 Å². The molecule has 25 heavy (non-hydrogen) atoms. The van der Waals surface area contributed by atoms with Gasteiger partial charge < -0.3 is 19.3 Å². The van der Waals surface area contributed by atoms with Crippen molar-refractivity contribution in [3.63, 3.8) is 0 Å². The number of rotatable bonds is 8. The Bertz CT molecular complexity index is 482. The SMILES string of the molecule is CC(C)CCOC(C)C(=O)OCC(=O)N1CCN(C(=O)C2CC2)CC1. The van der Waals surface area contributed by atoms with Crippen molar-refractivity contribution in [2.45, 2.75) is 46.1 Å². The molecule has 2 rings (SSSR count). The van der Waals surface area contributed by atoms with Gasteiger partial charge in [-0.25, -0.2) is 4.79 Å². The summed E-state index contributed by atoms with van der Waals surface area (Å²) in [5.41, 5.74) is 0. The van der Waals surface area contributed by atoms with E-state index in [2.05, 4.69) is 13.8 Å². The smallest absolute Gasteiger partial charge is 0.335 e. The highest BCUT2D eigenvalue weighted by Crippen LogP contribution is 2.31.